The molecular weight excluding hydrogens is 243 g/mol. The van der Waals surface area contributed by atoms with Crippen LogP contribution >= 0.6 is 0 Å². The molecular formula is C12H24F3N3. The molecule has 1 heterocycles. The molecule has 18 heavy (non-hydrogen) atoms. The summed E-state index contributed by atoms with van der Waals surface area (Å²) < 4.78 is 37.4. The lowest BCUT2D eigenvalue weighted by molar-refractivity contribution is -0.147. The second-order valence-corrected chi connectivity index (χ2v) is 5.20. The van der Waals surface area contributed by atoms with E-state index in [9.17, 15) is 13.2 Å². The fourth-order valence-corrected chi connectivity index (χ4v) is 2.37. The molecule has 0 spiro atoms. The molecule has 3 nitrogen and oxygen atoms in total. The normalized spacial score (nSPS) is 19.7. The summed E-state index contributed by atoms with van der Waals surface area (Å²) in [5, 5.41) is 2.91. The van der Waals surface area contributed by atoms with E-state index in [1.807, 2.05) is 0 Å². The Bertz CT molecular complexity index is 225. The molecule has 0 radical (unpaired) electrons. The predicted octanol–water partition coefficient (Wildman–Crippen LogP) is 1.41. The standard InChI is InChI=1S/C12H24F3N3/c1-16-5-8-18(10-12(13,14)15)9-11-3-6-17(2)7-4-11/h11,16H,3-10H2,1-2H3. The van der Waals surface area contributed by atoms with E-state index in [-0.39, 0.29) is 0 Å². The monoisotopic (exact) mass is 267 g/mol. The first-order valence-corrected chi connectivity index (χ1v) is 6.53. The lowest BCUT2D eigenvalue weighted by atomic mass is 9.96. The van der Waals surface area contributed by atoms with E-state index in [0.29, 0.717) is 25.6 Å². The van der Waals surface area contributed by atoms with Gasteiger partial charge in [0.2, 0.25) is 0 Å². The van der Waals surface area contributed by atoms with Crippen LogP contribution in [-0.4, -0.2) is 69.3 Å². The van der Waals surface area contributed by atoms with Gasteiger partial charge in [-0.2, -0.15) is 13.2 Å². The first-order valence-electron chi connectivity index (χ1n) is 6.53. The third-order valence-electron chi connectivity index (χ3n) is 3.44. The number of nitrogens with one attached hydrogen (secondary N) is 1. The van der Waals surface area contributed by atoms with Crippen LogP contribution < -0.4 is 5.32 Å². The number of halogens is 3. The maximum absolute atomic E-state index is 12.5. The van der Waals surface area contributed by atoms with E-state index < -0.39 is 12.7 Å². The van der Waals surface area contributed by atoms with Crippen molar-refractivity contribution in [2.24, 2.45) is 5.92 Å². The number of rotatable bonds is 6. The molecule has 1 aliphatic rings. The first kappa shape index (κ1) is 15.7. The molecule has 1 rings (SSSR count). The maximum Gasteiger partial charge on any atom is 0.401 e. The van der Waals surface area contributed by atoms with Crippen molar-refractivity contribution >= 4 is 0 Å². The molecule has 1 aliphatic heterocycles. The van der Waals surface area contributed by atoms with Crippen LogP contribution in [0.3, 0.4) is 0 Å². The number of likely N-dealkylation sites (N-methyl/N-ethyl adjacent to an activating group) is 1. The highest BCUT2D eigenvalue weighted by Gasteiger charge is 2.31. The van der Waals surface area contributed by atoms with Gasteiger partial charge in [0.15, 0.2) is 0 Å². The largest absolute Gasteiger partial charge is 0.401 e. The Morgan fingerprint density at radius 3 is 2.39 bits per heavy atom. The highest BCUT2D eigenvalue weighted by Crippen LogP contribution is 2.21. The van der Waals surface area contributed by atoms with E-state index >= 15 is 0 Å². The SMILES string of the molecule is CNCCN(CC1CCN(C)CC1)CC(F)(F)F. The molecule has 0 aliphatic carbocycles. The summed E-state index contributed by atoms with van der Waals surface area (Å²) in [7, 11) is 3.83. The van der Waals surface area contributed by atoms with Gasteiger partial charge in [-0.15, -0.1) is 0 Å². The average Bonchev–Trinajstić information content (AvgIpc) is 2.27. The summed E-state index contributed by atoms with van der Waals surface area (Å²) in [6.45, 7) is 2.83. The van der Waals surface area contributed by atoms with Crippen molar-refractivity contribution < 1.29 is 13.2 Å². The number of nitrogens with zero attached hydrogens (tertiary/aromatic N) is 2. The summed E-state index contributed by atoms with van der Waals surface area (Å²) in [6.07, 6.45) is -2.09. The Labute approximate surface area is 107 Å². The van der Waals surface area contributed by atoms with Gasteiger partial charge in [0.05, 0.1) is 6.54 Å². The van der Waals surface area contributed by atoms with Crippen LogP contribution in [0.1, 0.15) is 12.8 Å². The van der Waals surface area contributed by atoms with Crippen LogP contribution in [0.5, 0.6) is 0 Å². The minimum atomic E-state index is -4.10. The van der Waals surface area contributed by atoms with Crippen LogP contribution in [-0.2, 0) is 0 Å². The Balaban J connectivity index is 2.39. The van der Waals surface area contributed by atoms with Gasteiger partial charge in [0.25, 0.3) is 0 Å². The van der Waals surface area contributed by atoms with Crippen molar-refractivity contribution in [2.45, 2.75) is 19.0 Å². The molecule has 6 heteroatoms. The minimum Gasteiger partial charge on any atom is -0.318 e. The van der Waals surface area contributed by atoms with E-state index in [2.05, 4.69) is 17.3 Å². The Hall–Kier alpha value is -0.330. The molecule has 1 fully saturated rings. The summed E-state index contributed by atoms with van der Waals surface area (Å²) >= 11 is 0. The molecule has 1 N–H and O–H groups in total. The predicted molar refractivity (Wildman–Crippen MR) is 66.6 cm³/mol. The van der Waals surface area contributed by atoms with Crippen LogP contribution in [0, 0.1) is 5.92 Å². The first-order chi connectivity index (χ1) is 8.40. The zero-order chi connectivity index (χ0) is 13.6. The highest BCUT2D eigenvalue weighted by atomic mass is 19.4. The van der Waals surface area contributed by atoms with Crippen molar-refractivity contribution in [1.82, 2.24) is 15.1 Å². The molecule has 0 bridgehead atoms. The number of hydrogen-bond acceptors (Lipinski definition) is 3. The van der Waals surface area contributed by atoms with E-state index in [1.165, 1.54) is 4.90 Å². The van der Waals surface area contributed by atoms with Gasteiger partial charge >= 0.3 is 6.18 Å². The van der Waals surface area contributed by atoms with Crippen molar-refractivity contribution in [2.75, 3.05) is 53.4 Å². The molecule has 0 aromatic rings. The molecule has 0 amide bonds. The molecule has 0 saturated carbocycles. The average molecular weight is 267 g/mol. The molecule has 0 atom stereocenters. The number of alkyl halides is 3. The van der Waals surface area contributed by atoms with Crippen molar-refractivity contribution in [3.8, 4) is 0 Å². The van der Waals surface area contributed by atoms with Crippen molar-refractivity contribution in [3.05, 3.63) is 0 Å². The third kappa shape index (κ3) is 6.56. The molecule has 0 aromatic carbocycles. The summed E-state index contributed by atoms with van der Waals surface area (Å²) in [5.41, 5.74) is 0. The van der Waals surface area contributed by atoms with Gasteiger partial charge in [0, 0.05) is 19.6 Å². The lowest BCUT2D eigenvalue weighted by Gasteiger charge is -2.33. The Morgan fingerprint density at radius 1 is 1.28 bits per heavy atom. The number of likely N-dealkylation sites (tertiary alicyclic amines) is 1. The molecule has 1 saturated heterocycles. The Kier molecular flexibility index (Phi) is 6.38. The molecule has 0 aromatic heterocycles. The van der Waals surface area contributed by atoms with Gasteiger partial charge < -0.3 is 10.2 Å². The smallest absolute Gasteiger partial charge is 0.318 e. The topological polar surface area (TPSA) is 18.5 Å². The van der Waals surface area contributed by atoms with E-state index in [4.69, 9.17) is 0 Å². The third-order valence-corrected chi connectivity index (χ3v) is 3.44. The second-order valence-electron chi connectivity index (χ2n) is 5.20. The zero-order valence-corrected chi connectivity index (χ0v) is 11.3. The lowest BCUT2D eigenvalue weighted by Crippen LogP contribution is -2.43. The zero-order valence-electron chi connectivity index (χ0n) is 11.3. The van der Waals surface area contributed by atoms with Crippen LogP contribution in [0.2, 0.25) is 0 Å². The summed E-state index contributed by atoms with van der Waals surface area (Å²) in [5.74, 6) is 0.403. The molecule has 0 unspecified atom stereocenters. The van der Waals surface area contributed by atoms with Crippen LogP contribution in [0.25, 0.3) is 0 Å². The second kappa shape index (κ2) is 7.31. The van der Waals surface area contributed by atoms with Crippen LogP contribution in [0.4, 0.5) is 13.2 Å². The number of piperidine rings is 1. The van der Waals surface area contributed by atoms with Gasteiger partial charge in [0.1, 0.15) is 0 Å². The highest BCUT2D eigenvalue weighted by molar-refractivity contribution is 4.75. The minimum absolute atomic E-state index is 0.403. The van der Waals surface area contributed by atoms with E-state index in [0.717, 1.165) is 25.9 Å². The van der Waals surface area contributed by atoms with Crippen molar-refractivity contribution in [3.63, 3.8) is 0 Å². The summed E-state index contributed by atoms with van der Waals surface area (Å²) in [4.78, 5) is 3.77. The van der Waals surface area contributed by atoms with Gasteiger partial charge in [-0.3, -0.25) is 4.90 Å². The molecule has 108 valence electrons. The fraction of sp³-hybridized carbons (Fsp3) is 1.00. The number of hydrogen-bond donors (Lipinski definition) is 1. The summed E-state index contributed by atoms with van der Waals surface area (Å²) in [6, 6.07) is 0. The quantitative estimate of drug-likeness (QED) is 0.785. The fourth-order valence-electron chi connectivity index (χ4n) is 2.37. The van der Waals surface area contributed by atoms with Crippen molar-refractivity contribution in [1.29, 1.82) is 0 Å². The Morgan fingerprint density at radius 2 is 1.89 bits per heavy atom. The van der Waals surface area contributed by atoms with Gasteiger partial charge in [-0.25, -0.2) is 0 Å². The van der Waals surface area contributed by atoms with E-state index in [1.54, 1.807) is 7.05 Å². The van der Waals surface area contributed by atoms with Crippen LogP contribution in [0.15, 0.2) is 0 Å². The van der Waals surface area contributed by atoms with Gasteiger partial charge in [-0.1, -0.05) is 0 Å². The maximum atomic E-state index is 12.5. The van der Waals surface area contributed by atoms with Gasteiger partial charge in [-0.05, 0) is 45.9 Å².